The Morgan fingerprint density at radius 2 is 0.645 bits per heavy atom. The smallest absolute Gasteiger partial charge is 0.326 e. The van der Waals surface area contributed by atoms with Crippen molar-refractivity contribution >= 4 is 86.1 Å². The van der Waals surface area contributed by atoms with Gasteiger partial charge in [-0.1, -0.05) is 121 Å². The molecule has 0 unspecified atom stereocenters. The Balaban J connectivity index is 1.92. The number of aromatic nitrogens is 4. The van der Waals surface area contributed by atoms with E-state index in [9.17, 15) is 81.0 Å². The Morgan fingerprint density at radius 1 is 0.315 bits per heavy atom. The molecule has 1 aromatic heterocycles. The van der Waals surface area contributed by atoms with E-state index < -0.39 is 51.4 Å². The molecule has 6 amide bonds. The van der Waals surface area contributed by atoms with Gasteiger partial charge >= 0.3 is 11.9 Å². The van der Waals surface area contributed by atoms with Crippen LogP contribution < -0.4 is 31.9 Å². The number of carbonyl (C=O) groups is 13. The fourth-order valence-corrected chi connectivity index (χ4v) is 13.4. The van der Waals surface area contributed by atoms with E-state index in [0.29, 0.717) is 84.5 Å². The molecule has 1 aromatic rings. The SMILES string of the molecule is CC(=O)COCCOCCCC(=O)COCCOCCCC(=O)COCCOCCNC(=O)COCCOCCNC(=O)COCCOCCNC(=O)COCCOCCCC(=O)CC[C@H](NC(=O)CC[C@H](NC(=O)CCCCCCCCCCCNC(=O)CCCS(=O)(=O)CC(=O)CCCCCCCCCCCCCCCc1nn[nH]n1)C(=O)O)C(=O)O. The number of Topliss-reactive ketones (excluding diaryl/α,β-unsaturated/α-hetero) is 5. The summed E-state index contributed by atoms with van der Waals surface area (Å²) in [7, 11) is -3.57. The number of unbranched alkanes of at least 4 members (excludes halogenated alkanes) is 20. The minimum Gasteiger partial charge on any atom is -0.480 e. The number of tetrazole rings is 1. The van der Waals surface area contributed by atoms with Gasteiger partial charge in [-0.3, -0.25) is 52.7 Å². The van der Waals surface area contributed by atoms with Crippen LogP contribution in [0, 0.1) is 0 Å². The van der Waals surface area contributed by atoms with Crippen LogP contribution in [-0.4, -0.2) is 324 Å². The van der Waals surface area contributed by atoms with Crippen molar-refractivity contribution in [2.45, 2.75) is 257 Å². The van der Waals surface area contributed by atoms with Gasteiger partial charge in [-0.25, -0.2) is 18.0 Å². The molecule has 0 bridgehead atoms. The normalized spacial score (nSPS) is 11.9. The third-order valence-electron chi connectivity index (χ3n) is 18.7. The van der Waals surface area contributed by atoms with Crippen LogP contribution in [0.25, 0.3) is 0 Å². The molecule has 0 aromatic carbocycles. The lowest BCUT2D eigenvalue weighted by atomic mass is 10.0. The molecule has 0 aliphatic rings. The van der Waals surface area contributed by atoms with E-state index in [1.165, 1.54) is 58.3 Å². The van der Waals surface area contributed by atoms with Gasteiger partial charge in [0, 0.05) is 104 Å². The van der Waals surface area contributed by atoms with Crippen LogP contribution in [0.15, 0.2) is 0 Å². The van der Waals surface area contributed by atoms with E-state index in [1.807, 2.05) is 0 Å². The second kappa shape index (κ2) is 82.6. The number of hydrogen-bond donors (Lipinski definition) is 9. The van der Waals surface area contributed by atoms with E-state index in [-0.39, 0.29) is 261 Å². The first kappa shape index (κ1) is 115. The third-order valence-corrected chi connectivity index (χ3v) is 20.4. The summed E-state index contributed by atoms with van der Waals surface area (Å²) < 4.78 is 89.3. The average molecular weight is 1790 g/mol. The number of amides is 6. The van der Waals surface area contributed by atoms with Crippen LogP contribution in [0.5, 0.6) is 0 Å². The van der Waals surface area contributed by atoms with E-state index in [1.54, 1.807) is 0 Å². The second-order valence-corrected chi connectivity index (χ2v) is 32.3. The first-order chi connectivity index (χ1) is 60.0. The number of aromatic amines is 1. The molecule has 2 atom stereocenters. The Hall–Kier alpha value is -7.35. The highest BCUT2D eigenvalue weighted by Crippen LogP contribution is 2.16. The van der Waals surface area contributed by atoms with Gasteiger partial charge in [0.05, 0.1) is 105 Å². The molecule has 1 rings (SSSR count). The minimum absolute atomic E-state index is 0.00823. The predicted octanol–water partition coefficient (Wildman–Crippen LogP) is 4.87. The van der Waals surface area contributed by atoms with E-state index in [2.05, 4.69) is 52.5 Å². The molecule has 124 heavy (non-hydrogen) atoms. The standard InChI is InChI=1S/C84H148N10O29S/c1-69(95)62-118-55-49-113-44-25-30-71(97)63-119-56-50-114-45-26-31-72(98)64-120-57-52-115-46-40-86-81(104)66-122-59-54-117-48-42-88-82(105)67-123-60-53-116-47-41-87-80(103)65-121-58-51-112-43-24-29-70(96)35-36-74(83(106)107)90-79(102)38-37-75(84(108)109)89-78(101)33-22-18-14-10-7-11-15-19-23-39-85-77(100)34-27-61-124(110,111)68-73(99)28-20-16-12-8-5-3-2-4-6-9-13-17-21-32-76-91-93-94-92-76/h74-75H,2-68H2,1H3,(H,85,100)(H,86,104)(H,87,103)(H,88,105)(H,89,101)(H,90,102)(H,106,107)(H,108,109)(H,91,92,93,94)/t74-,75-/m0/s1. The molecular weight excluding hydrogens is 1650 g/mol. The molecule has 0 radical (unpaired) electrons. The Kier molecular flexibility index (Phi) is 76.4. The molecule has 0 saturated heterocycles. The van der Waals surface area contributed by atoms with Crippen molar-refractivity contribution in [2.75, 3.05) is 196 Å². The summed E-state index contributed by atoms with van der Waals surface area (Å²) in [6.07, 6.45) is 25.2. The highest BCUT2D eigenvalue weighted by molar-refractivity contribution is 7.92. The maximum absolute atomic E-state index is 12.7. The van der Waals surface area contributed by atoms with Gasteiger partial charge in [0.25, 0.3) is 0 Å². The zero-order chi connectivity index (χ0) is 90.7. The molecule has 0 saturated carbocycles. The molecule has 9 N–H and O–H groups in total. The van der Waals surface area contributed by atoms with Gasteiger partial charge in [-0.15, -0.1) is 10.2 Å². The van der Waals surface area contributed by atoms with Crippen LogP contribution in [0.2, 0.25) is 0 Å². The molecule has 1 heterocycles. The number of nitrogens with one attached hydrogen (secondary N) is 7. The number of carboxylic acids is 2. The van der Waals surface area contributed by atoms with Crippen molar-refractivity contribution in [3.8, 4) is 0 Å². The fraction of sp³-hybridized carbons (Fsp3) is 0.833. The number of carboxylic acid groups (broad SMARTS) is 2. The monoisotopic (exact) mass is 1790 g/mol. The number of aryl methyl sites for hydroxylation is 1. The number of carbonyl (C=O) groups excluding carboxylic acids is 11. The van der Waals surface area contributed by atoms with Crippen molar-refractivity contribution < 1.29 is 138 Å². The van der Waals surface area contributed by atoms with E-state index in [4.69, 9.17) is 56.8 Å². The van der Waals surface area contributed by atoms with Crippen molar-refractivity contribution in [3.05, 3.63) is 5.82 Å². The third kappa shape index (κ3) is 79.3. The fourth-order valence-electron chi connectivity index (χ4n) is 12.0. The van der Waals surface area contributed by atoms with Gasteiger partial charge in [-0.2, -0.15) is 5.21 Å². The predicted molar refractivity (Wildman–Crippen MR) is 454 cm³/mol. The first-order valence-corrected chi connectivity index (χ1v) is 46.4. The van der Waals surface area contributed by atoms with Gasteiger partial charge in [-0.05, 0) is 71.1 Å². The Labute approximate surface area is 731 Å². The highest BCUT2D eigenvalue weighted by Gasteiger charge is 2.25. The number of nitrogens with zero attached hydrogens (tertiary/aromatic N) is 3. The van der Waals surface area contributed by atoms with Crippen LogP contribution in [0.1, 0.15) is 244 Å². The number of H-pyrrole nitrogens is 1. The molecule has 0 aliphatic carbocycles. The number of aliphatic carboxylic acids is 2. The number of ketones is 5. The van der Waals surface area contributed by atoms with Gasteiger partial charge in [0.15, 0.2) is 33.0 Å². The number of sulfone groups is 1. The summed E-state index contributed by atoms with van der Waals surface area (Å²) in [5.41, 5.74) is 0. The van der Waals surface area contributed by atoms with Crippen molar-refractivity contribution in [1.29, 1.82) is 0 Å². The largest absolute Gasteiger partial charge is 0.480 e. The molecule has 0 fully saturated rings. The summed E-state index contributed by atoms with van der Waals surface area (Å²) >= 11 is 0. The van der Waals surface area contributed by atoms with Gasteiger partial charge < -0.3 is 99.0 Å². The topological polar surface area (TPSA) is 534 Å². The molecular formula is C84H148N10O29S. The van der Waals surface area contributed by atoms with E-state index in [0.717, 1.165) is 89.3 Å². The van der Waals surface area contributed by atoms with Crippen molar-refractivity contribution in [3.63, 3.8) is 0 Å². The highest BCUT2D eigenvalue weighted by atomic mass is 32.2. The number of ether oxygens (including phenoxy) is 12. The summed E-state index contributed by atoms with van der Waals surface area (Å²) in [6, 6.07) is -2.76. The Morgan fingerprint density at radius 3 is 1.06 bits per heavy atom. The second-order valence-electron chi connectivity index (χ2n) is 30.1. The molecule has 40 heteroatoms. The number of rotatable bonds is 95. The van der Waals surface area contributed by atoms with Crippen molar-refractivity contribution in [2.24, 2.45) is 0 Å². The van der Waals surface area contributed by atoms with Crippen molar-refractivity contribution in [1.82, 2.24) is 52.5 Å². The minimum atomic E-state index is -3.57. The summed E-state index contributed by atoms with van der Waals surface area (Å²) in [5.74, 6) is -5.77. The lowest BCUT2D eigenvalue weighted by Crippen LogP contribution is -2.44. The maximum Gasteiger partial charge on any atom is 0.326 e. The summed E-state index contributed by atoms with van der Waals surface area (Å²) in [4.78, 5) is 157. The molecule has 0 spiro atoms. The zero-order valence-electron chi connectivity index (χ0n) is 73.7. The average Bonchev–Trinajstić information content (AvgIpc) is 1.38. The Bertz CT molecular complexity index is 3110. The summed E-state index contributed by atoms with van der Waals surface area (Å²) in [6.45, 7) is 6.25. The number of hydrogen-bond acceptors (Lipinski definition) is 30. The molecule has 0 aliphatic heterocycles. The van der Waals surface area contributed by atoms with Crippen LogP contribution in [0.4, 0.5) is 0 Å². The van der Waals surface area contributed by atoms with Gasteiger partial charge in [0.1, 0.15) is 69.0 Å². The lowest BCUT2D eigenvalue weighted by Gasteiger charge is -2.17. The van der Waals surface area contributed by atoms with Crippen LogP contribution >= 0.6 is 0 Å². The summed E-state index contributed by atoms with van der Waals surface area (Å²) in [5, 5.41) is 49.0. The van der Waals surface area contributed by atoms with E-state index >= 15 is 0 Å². The van der Waals surface area contributed by atoms with Crippen LogP contribution in [0.3, 0.4) is 0 Å². The first-order valence-electron chi connectivity index (χ1n) is 44.6. The quantitative estimate of drug-likeness (QED) is 0.0393. The van der Waals surface area contributed by atoms with Gasteiger partial charge in [0.2, 0.25) is 35.4 Å². The maximum atomic E-state index is 12.7. The lowest BCUT2D eigenvalue weighted by molar-refractivity contribution is -0.143. The molecule has 714 valence electrons. The zero-order valence-corrected chi connectivity index (χ0v) is 74.5. The van der Waals surface area contributed by atoms with Crippen LogP contribution in [-0.2, 0) is 135 Å². The molecule has 39 nitrogen and oxygen atoms in total.